The highest BCUT2D eigenvalue weighted by Gasteiger charge is 2.13. The standard InChI is InChI=1S/C22H27N3O4S/c1-15(2)29-17-11-9-16(10-12-17)20(26)25-22(30)24-19-8-5-4-7-18(19)21(27)23-13-6-14-28-3/h4-5,7-12,15H,6,13-14H2,1-3H3,(H,23,27)(H2,24,25,26,30). The highest BCUT2D eigenvalue weighted by molar-refractivity contribution is 7.80. The molecule has 30 heavy (non-hydrogen) atoms. The second kappa shape index (κ2) is 11.9. The lowest BCUT2D eigenvalue weighted by Crippen LogP contribution is -2.35. The third kappa shape index (κ3) is 7.46. The van der Waals surface area contributed by atoms with Gasteiger partial charge in [0.1, 0.15) is 5.75 Å². The number of methoxy groups -OCH3 is 1. The molecule has 0 saturated heterocycles. The highest BCUT2D eigenvalue weighted by Crippen LogP contribution is 2.16. The van der Waals surface area contributed by atoms with E-state index in [0.29, 0.717) is 42.1 Å². The molecule has 0 heterocycles. The van der Waals surface area contributed by atoms with Crippen molar-refractivity contribution in [1.29, 1.82) is 0 Å². The van der Waals surface area contributed by atoms with Crippen LogP contribution in [0.15, 0.2) is 48.5 Å². The molecule has 0 saturated carbocycles. The first-order valence-electron chi connectivity index (χ1n) is 9.66. The number of amides is 2. The summed E-state index contributed by atoms with van der Waals surface area (Å²) in [6.45, 7) is 4.93. The molecule has 0 atom stereocenters. The summed E-state index contributed by atoms with van der Waals surface area (Å²) in [5, 5.41) is 8.47. The summed E-state index contributed by atoms with van der Waals surface area (Å²) >= 11 is 5.25. The molecule has 7 nitrogen and oxygen atoms in total. The molecule has 0 unspecified atom stereocenters. The summed E-state index contributed by atoms with van der Waals surface area (Å²) in [4.78, 5) is 24.9. The molecule has 0 fully saturated rings. The number of hydrogen-bond donors (Lipinski definition) is 3. The molecule has 0 aliphatic carbocycles. The van der Waals surface area contributed by atoms with E-state index in [-0.39, 0.29) is 23.0 Å². The number of carbonyl (C=O) groups is 2. The van der Waals surface area contributed by atoms with Crippen LogP contribution in [-0.2, 0) is 4.74 Å². The fraction of sp³-hybridized carbons (Fsp3) is 0.318. The number of ether oxygens (including phenoxy) is 2. The predicted molar refractivity (Wildman–Crippen MR) is 121 cm³/mol. The van der Waals surface area contributed by atoms with Gasteiger partial charge in [0.05, 0.1) is 17.4 Å². The van der Waals surface area contributed by atoms with Crippen molar-refractivity contribution >= 4 is 34.8 Å². The molecule has 0 spiro atoms. The van der Waals surface area contributed by atoms with E-state index in [1.807, 2.05) is 13.8 Å². The van der Waals surface area contributed by atoms with Crippen LogP contribution in [0.5, 0.6) is 5.75 Å². The van der Waals surface area contributed by atoms with Crippen molar-refractivity contribution in [3.63, 3.8) is 0 Å². The van der Waals surface area contributed by atoms with Gasteiger partial charge in [-0.05, 0) is 68.9 Å². The zero-order chi connectivity index (χ0) is 21.9. The first-order chi connectivity index (χ1) is 14.4. The number of thiocarbonyl (C=S) groups is 1. The fourth-order valence-corrected chi connectivity index (χ4v) is 2.79. The summed E-state index contributed by atoms with van der Waals surface area (Å²) in [5.74, 6) is 0.0989. The largest absolute Gasteiger partial charge is 0.491 e. The van der Waals surface area contributed by atoms with Crippen LogP contribution < -0.4 is 20.7 Å². The Hall–Kier alpha value is -2.97. The van der Waals surface area contributed by atoms with Crippen LogP contribution >= 0.6 is 12.2 Å². The Morgan fingerprint density at radius 1 is 1.03 bits per heavy atom. The minimum absolute atomic E-state index is 0.0544. The van der Waals surface area contributed by atoms with Crippen molar-refractivity contribution < 1.29 is 19.1 Å². The predicted octanol–water partition coefficient (Wildman–Crippen LogP) is 3.37. The van der Waals surface area contributed by atoms with Gasteiger partial charge in [-0.3, -0.25) is 14.9 Å². The molecule has 3 N–H and O–H groups in total. The number of benzene rings is 2. The summed E-state index contributed by atoms with van der Waals surface area (Å²) < 4.78 is 10.5. The quantitative estimate of drug-likeness (QED) is 0.418. The number of carbonyl (C=O) groups excluding carboxylic acids is 2. The lowest BCUT2D eigenvalue weighted by molar-refractivity contribution is 0.0947. The van der Waals surface area contributed by atoms with Crippen LogP contribution in [0.25, 0.3) is 0 Å². The van der Waals surface area contributed by atoms with Crippen molar-refractivity contribution in [2.75, 3.05) is 25.6 Å². The number of anilines is 1. The average Bonchev–Trinajstić information content (AvgIpc) is 2.71. The topological polar surface area (TPSA) is 88.7 Å². The van der Waals surface area contributed by atoms with Gasteiger partial charge >= 0.3 is 0 Å². The van der Waals surface area contributed by atoms with Gasteiger partial charge < -0.3 is 20.1 Å². The van der Waals surface area contributed by atoms with Crippen molar-refractivity contribution in [3.05, 3.63) is 59.7 Å². The van der Waals surface area contributed by atoms with E-state index in [4.69, 9.17) is 21.7 Å². The van der Waals surface area contributed by atoms with Gasteiger partial charge in [-0.2, -0.15) is 0 Å². The molecule has 2 aromatic carbocycles. The third-order valence-corrected chi connectivity index (χ3v) is 4.15. The molecular formula is C22H27N3O4S. The molecule has 0 bridgehead atoms. The normalized spacial score (nSPS) is 10.4. The highest BCUT2D eigenvalue weighted by atomic mass is 32.1. The van der Waals surface area contributed by atoms with Crippen LogP contribution in [0.4, 0.5) is 5.69 Å². The molecule has 0 radical (unpaired) electrons. The SMILES string of the molecule is COCCCNC(=O)c1ccccc1NC(=S)NC(=O)c1ccc(OC(C)C)cc1. The van der Waals surface area contributed by atoms with E-state index in [1.54, 1.807) is 55.6 Å². The average molecular weight is 430 g/mol. The Bertz CT molecular complexity index is 869. The summed E-state index contributed by atoms with van der Waals surface area (Å²) in [6, 6.07) is 13.7. The zero-order valence-corrected chi connectivity index (χ0v) is 18.2. The van der Waals surface area contributed by atoms with Crippen LogP contribution in [-0.4, -0.2) is 43.3 Å². The monoisotopic (exact) mass is 429 g/mol. The number of para-hydroxylation sites is 1. The Kier molecular flexibility index (Phi) is 9.24. The smallest absolute Gasteiger partial charge is 0.257 e. The van der Waals surface area contributed by atoms with Crippen molar-refractivity contribution in [1.82, 2.24) is 10.6 Å². The number of nitrogens with one attached hydrogen (secondary N) is 3. The molecule has 0 aliphatic heterocycles. The molecule has 0 aliphatic rings. The lowest BCUT2D eigenvalue weighted by atomic mass is 10.1. The molecule has 8 heteroatoms. The van der Waals surface area contributed by atoms with Crippen molar-refractivity contribution in [2.45, 2.75) is 26.4 Å². The molecule has 2 rings (SSSR count). The summed E-state index contributed by atoms with van der Waals surface area (Å²) in [5.41, 5.74) is 1.38. The maximum Gasteiger partial charge on any atom is 0.257 e. The van der Waals surface area contributed by atoms with E-state index in [0.717, 1.165) is 0 Å². The molecule has 160 valence electrons. The van der Waals surface area contributed by atoms with Crippen molar-refractivity contribution in [2.24, 2.45) is 0 Å². The fourth-order valence-electron chi connectivity index (χ4n) is 2.59. The van der Waals surface area contributed by atoms with Gasteiger partial charge in [-0.15, -0.1) is 0 Å². The van der Waals surface area contributed by atoms with E-state index in [1.165, 1.54) is 0 Å². The number of rotatable bonds is 9. The van der Waals surface area contributed by atoms with E-state index < -0.39 is 0 Å². The number of hydrogen-bond acceptors (Lipinski definition) is 5. The third-order valence-electron chi connectivity index (χ3n) is 3.95. The Morgan fingerprint density at radius 2 is 1.73 bits per heavy atom. The molecule has 2 aromatic rings. The molecular weight excluding hydrogens is 402 g/mol. The first-order valence-corrected chi connectivity index (χ1v) is 10.1. The van der Waals surface area contributed by atoms with E-state index in [9.17, 15) is 9.59 Å². The van der Waals surface area contributed by atoms with Crippen molar-refractivity contribution in [3.8, 4) is 5.75 Å². The van der Waals surface area contributed by atoms with Crippen LogP contribution in [0.2, 0.25) is 0 Å². The van der Waals surface area contributed by atoms with E-state index in [2.05, 4.69) is 16.0 Å². The maximum atomic E-state index is 12.4. The van der Waals surface area contributed by atoms with Gasteiger partial charge in [0.2, 0.25) is 0 Å². The van der Waals surface area contributed by atoms with Gasteiger partial charge in [-0.25, -0.2) is 0 Å². The Balaban J connectivity index is 1.96. The van der Waals surface area contributed by atoms with Gasteiger partial charge in [0.25, 0.3) is 11.8 Å². The zero-order valence-electron chi connectivity index (χ0n) is 17.4. The minimum Gasteiger partial charge on any atom is -0.491 e. The summed E-state index contributed by atoms with van der Waals surface area (Å²) in [7, 11) is 1.62. The van der Waals surface area contributed by atoms with Crippen LogP contribution in [0.1, 0.15) is 41.0 Å². The van der Waals surface area contributed by atoms with Crippen LogP contribution in [0, 0.1) is 0 Å². The lowest BCUT2D eigenvalue weighted by Gasteiger charge is -2.14. The van der Waals surface area contributed by atoms with Gasteiger partial charge in [0, 0.05) is 25.8 Å². The Labute approximate surface area is 182 Å². The molecule has 0 aromatic heterocycles. The molecule has 2 amide bonds. The second-order valence-electron chi connectivity index (χ2n) is 6.75. The first kappa shape index (κ1) is 23.3. The van der Waals surface area contributed by atoms with Gasteiger partial charge in [0.15, 0.2) is 5.11 Å². The van der Waals surface area contributed by atoms with Gasteiger partial charge in [-0.1, -0.05) is 12.1 Å². The maximum absolute atomic E-state index is 12.4. The Morgan fingerprint density at radius 3 is 2.40 bits per heavy atom. The second-order valence-corrected chi connectivity index (χ2v) is 7.16. The van der Waals surface area contributed by atoms with E-state index >= 15 is 0 Å². The minimum atomic E-state index is -0.356. The summed E-state index contributed by atoms with van der Waals surface area (Å²) in [6.07, 6.45) is 0.770. The van der Waals surface area contributed by atoms with Crippen LogP contribution in [0.3, 0.4) is 0 Å².